The quantitative estimate of drug-likeness (QED) is 0.665. The van der Waals surface area contributed by atoms with Crippen LogP contribution in [0, 0.1) is 13.8 Å². The molecular formula is C12H15NO. The second-order valence-corrected chi connectivity index (χ2v) is 4.15. The van der Waals surface area contributed by atoms with E-state index in [2.05, 4.69) is 25.2 Å². The summed E-state index contributed by atoms with van der Waals surface area (Å²) in [5.74, 6) is 0.508. The molecule has 1 heterocycles. The van der Waals surface area contributed by atoms with Gasteiger partial charge in [-0.2, -0.15) is 0 Å². The average Bonchev–Trinajstić information content (AvgIpc) is 2.10. The zero-order valence-electron chi connectivity index (χ0n) is 8.85. The molecule has 0 aromatic heterocycles. The summed E-state index contributed by atoms with van der Waals surface area (Å²) in [5.41, 5.74) is 4.48. The predicted molar refractivity (Wildman–Crippen MR) is 56.7 cm³/mol. The van der Waals surface area contributed by atoms with Gasteiger partial charge in [0, 0.05) is 12.1 Å². The number of amides is 1. The molecule has 1 N–H and O–H groups in total. The Morgan fingerprint density at radius 3 is 2.79 bits per heavy atom. The summed E-state index contributed by atoms with van der Waals surface area (Å²) >= 11 is 0. The summed E-state index contributed by atoms with van der Waals surface area (Å²) in [6, 6.07) is 4.13. The summed E-state index contributed by atoms with van der Waals surface area (Å²) in [5, 5.41) is 2.90. The Kier molecular flexibility index (Phi) is 2.06. The number of carbonyl (C=O) groups is 1. The first kappa shape index (κ1) is 9.25. The molecule has 0 aliphatic carbocycles. The van der Waals surface area contributed by atoms with Crippen molar-refractivity contribution in [2.24, 2.45) is 0 Å². The van der Waals surface area contributed by atoms with E-state index in [1.165, 1.54) is 11.1 Å². The van der Waals surface area contributed by atoms with Gasteiger partial charge in [0.25, 0.3) is 5.91 Å². The number of hydrogen-bond donors (Lipinski definition) is 1. The lowest BCUT2D eigenvalue weighted by molar-refractivity contribution is 0.0941. The van der Waals surface area contributed by atoms with E-state index in [0.29, 0.717) is 5.92 Å². The highest BCUT2D eigenvalue weighted by Gasteiger charge is 2.23. The number of aryl methyl sites for hydroxylation is 2. The topological polar surface area (TPSA) is 29.1 Å². The summed E-state index contributed by atoms with van der Waals surface area (Å²) in [6.45, 7) is 7.02. The van der Waals surface area contributed by atoms with E-state index in [1.807, 2.05) is 13.0 Å². The van der Waals surface area contributed by atoms with Gasteiger partial charge in [0.05, 0.1) is 0 Å². The molecule has 14 heavy (non-hydrogen) atoms. The predicted octanol–water partition coefficient (Wildman–Crippen LogP) is 2.15. The van der Waals surface area contributed by atoms with Crippen LogP contribution in [-0.2, 0) is 0 Å². The molecule has 1 amide bonds. The summed E-state index contributed by atoms with van der Waals surface area (Å²) in [6.07, 6.45) is 0. The lowest BCUT2D eigenvalue weighted by atomic mass is 9.87. The number of hydrogen-bond acceptors (Lipinski definition) is 1. The molecule has 1 atom stereocenters. The molecule has 1 aromatic rings. The van der Waals surface area contributed by atoms with Gasteiger partial charge in [-0.05, 0) is 37.0 Å². The molecule has 1 unspecified atom stereocenters. The average molecular weight is 189 g/mol. The van der Waals surface area contributed by atoms with Crippen molar-refractivity contribution < 1.29 is 4.79 Å². The van der Waals surface area contributed by atoms with E-state index in [0.717, 1.165) is 17.7 Å². The van der Waals surface area contributed by atoms with Crippen LogP contribution >= 0.6 is 0 Å². The van der Waals surface area contributed by atoms with Gasteiger partial charge in [-0.15, -0.1) is 0 Å². The van der Waals surface area contributed by atoms with Crippen LogP contribution in [0.4, 0.5) is 0 Å². The van der Waals surface area contributed by atoms with Crippen molar-refractivity contribution in [3.05, 3.63) is 34.4 Å². The normalized spacial score (nSPS) is 20.2. The number of rotatable bonds is 0. The van der Waals surface area contributed by atoms with Crippen molar-refractivity contribution in [2.45, 2.75) is 26.7 Å². The molecule has 0 saturated carbocycles. The largest absolute Gasteiger partial charge is 0.351 e. The third-order valence-electron chi connectivity index (χ3n) is 2.84. The van der Waals surface area contributed by atoms with Gasteiger partial charge in [-0.1, -0.05) is 18.6 Å². The van der Waals surface area contributed by atoms with Gasteiger partial charge >= 0.3 is 0 Å². The minimum atomic E-state index is 0.0740. The molecule has 0 spiro atoms. The molecule has 2 rings (SSSR count). The van der Waals surface area contributed by atoms with Gasteiger partial charge in [-0.25, -0.2) is 0 Å². The van der Waals surface area contributed by atoms with Gasteiger partial charge in [0.15, 0.2) is 0 Å². The molecular weight excluding hydrogens is 174 g/mol. The van der Waals surface area contributed by atoms with Crippen LogP contribution in [-0.4, -0.2) is 12.5 Å². The minimum Gasteiger partial charge on any atom is -0.351 e. The van der Waals surface area contributed by atoms with Crippen LogP contribution in [0.1, 0.15) is 39.9 Å². The van der Waals surface area contributed by atoms with Crippen LogP contribution in [0.15, 0.2) is 12.1 Å². The Bertz CT molecular complexity index is 396. The molecule has 1 aliphatic rings. The Hall–Kier alpha value is -1.31. The highest BCUT2D eigenvalue weighted by atomic mass is 16.1. The van der Waals surface area contributed by atoms with Crippen LogP contribution in [0.3, 0.4) is 0 Å². The second-order valence-electron chi connectivity index (χ2n) is 4.15. The first-order chi connectivity index (χ1) is 6.59. The van der Waals surface area contributed by atoms with Crippen molar-refractivity contribution >= 4 is 5.91 Å². The van der Waals surface area contributed by atoms with Crippen molar-refractivity contribution in [2.75, 3.05) is 6.54 Å². The van der Waals surface area contributed by atoms with Crippen molar-refractivity contribution in [3.63, 3.8) is 0 Å². The first-order valence-corrected chi connectivity index (χ1v) is 4.99. The lowest BCUT2D eigenvalue weighted by Crippen LogP contribution is -2.34. The number of fused-ring (bicyclic) bond motifs is 1. The zero-order valence-corrected chi connectivity index (χ0v) is 8.85. The third kappa shape index (κ3) is 1.31. The zero-order chi connectivity index (χ0) is 10.3. The fraction of sp³-hybridized carbons (Fsp3) is 0.417. The molecule has 0 bridgehead atoms. The summed E-state index contributed by atoms with van der Waals surface area (Å²) < 4.78 is 0. The molecule has 1 aromatic carbocycles. The van der Waals surface area contributed by atoms with Crippen molar-refractivity contribution in [3.8, 4) is 0 Å². The molecule has 0 radical (unpaired) electrons. The molecule has 2 heteroatoms. The van der Waals surface area contributed by atoms with E-state index >= 15 is 0 Å². The van der Waals surface area contributed by atoms with Crippen LogP contribution in [0.2, 0.25) is 0 Å². The van der Waals surface area contributed by atoms with Crippen LogP contribution < -0.4 is 5.32 Å². The van der Waals surface area contributed by atoms with E-state index in [1.54, 1.807) is 0 Å². The Morgan fingerprint density at radius 2 is 2.07 bits per heavy atom. The maximum atomic E-state index is 11.6. The molecule has 1 aliphatic heterocycles. The van der Waals surface area contributed by atoms with Crippen molar-refractivity contribution in [1.82, 2.24) is 5.32 Å². The summed E-state index contributed by atoms with van der Waals surface area (Å²) in [7, 11) is 0. The highest BCUT2D eigenvalue weighted by molar-refractivity contribution is 5.97. The van der Waals surface area contributed by atoms with Gasteiger partial charge < -0.3 is 5.32 Å². The third-order valence-corrected chi connectivity index (χ3v) is 2.84. The van der Waals surface area contributed by atoms with Gasteiger partial charge in [0.2, 0.25) is 0 Å². The van der Waals surface area contributed by atoms with Gasteiger partial charge in [-0.3, -0.25) is 4.79 Å². The monoisotopic (exact) mass is 189 g/mol. The molecule has 0 saturated heterocycles. The SMILES string of the molecule is Cc1cc(C)c2c(c1)C(=O)NCC2C. The van der Waals surface area contributed by atoms with E-state index < -0.39 is 0 Å². The van der Waals surface area contributed by atoms with Crippen LogP contribution in [0.5, 0.6) is 0 Å². The minimum absolute atomic E-state index is 0.0740. The van der Waals surface area contributed by atoms with E-state index in [9.17, 15) is 4.79 Å². The van der Waals surface area contributed by atoms with Gasteiger partial charge in [0.1, 0.15) is 0 Å². The molecule has 2 nitrogen and oxygen atoms in total. The Labute approximate surface area is 84.3 Å². The molecule has 74 valence electrons. The van der Waals surface area contributed by atoms with Crippen molar-refractivity contribution in [1.29, 1.82) is 0 Å². The number of benzene rings is 1. The maximum Gasteiger partial charge on any atom is 0.251 e. The smallest absolute Gasteiger partial charge is 0.251 e. The first-order valence-electron chi connectivity index (χ1n) is 4.99. The van der Waals surface area contributed by atoms with Crippen LogP contribution in [0.25, 0.3) is 0 Å². The van der Waals surface area contributed by atoms with E-state index in [-0.39, 0.29) is 5.91 Å². The second kappa shape index (κ2) is 3.12. The standard InChI is InChI=1S/C12H15NO/c1-7-4-8(2)11-9(3)6-13-12(14)10(11)5-7/h4-5,9H,6H2,1-3H3,(H,13,14). The van der Waals surface area contributed by atoms with E-state index in [4.69, 9.17) is 0 Å². The Balaban J connectivity index is 2.66. The maximum absolute atomic E-state index is 11.6. The fourth-order valence-electron chi connectivity index (χ4n) is 2.26. The summed E-state index contributed by atoms with van der Waals surface area (Å²) in [4.78, 5) is 11.6. The highest BCUT2D eigenvalue weighted by Crippen LogP contribution is 2.27. The lowest BCUT2D eigenvalue weighted by Gasteiger charge is -2.25. The fourth-order valence-corrected chi connectivity index (χ4v) is 2.26. The molecule has 0 fully saturated rings. The Morgan fingerprint density at radius 1 is 1.36 bits per heavy atom. The number of carbonyl (C=O) groups excluding carboxylic acids is 1. The number of nitrogens with one attached hydrogen (secondary N) is 1.